The Labute approximate surface area is 189 Å². The van der Waals surface area contributed by atoms with Crippen LogP contribution in [0, 0.1) is 23.7 Å². The normalized spacial score (nSPS) is 31.6. The van der Waals surface area contributed by atoms with E-state index in [2.05, 4.69) is 37.2 Å². The molecule has 160 valence electrons. The molecule has 1 N–H and O–H groups in total. The average Bonchev–Trinajstić information content (AvgIpc) is 3.33. The number of benzene rings is 1. The van der Waals surface area contributed by atoms with Gasteiger partial charge in [-0.1, -0.05) is 44.0 Å². The molecule has 4 rings (SSSR count). The summed E-state index contributed by atoms with van der Waals surface area (Å²) in [5, 5.41) is 2.59. The average molecular weight is 544 g/mol. The lowest BCUT2D eigenvalue weighted by Crippen LogP contribution is -2.38. The number of methoxy groups -OCH3 is 1. The SMILES string of the molecule is COc1ccccc1NC(=O)COC(=O)CN1C(=O)[C@@H]2[C@H]3C[C@@H]([C@H](Br)[C@H]3Br)[C@H]2C1=O. The molecule has 2 aliphatic carbocycles. The first-order valence-corrected chi connectivity index (χ1v) is 11.4. The maximum absolute atomic E-state index is 12.8. The first-order chi connectivity index (χ1) is 14.3. The number of halogens is 2. The van der Waals surface area contributed by atoms with Crippen LogP contribution in [0.5, 0.6) is 5.75 Å². The van der Waals surface area contributed by atoms with Crippen LogP contribution < -0.4 is 10.1 Å². The van der Waals surface area contributed by atoms with Crippen molar-refractivity contribution in [3.63, 3.8) is 0 Å². The van der Waals surface area contributed by atoms with E-state index in [1.165, 1.54) is 7.11 Å². The standard InChI is InChI=1S/C20H20Br2N2O6/c1-29-12-5-3-2-4-11(12)23-13(25)8-30-14(26)7-24-19(27)15-9-6-10(16(15)20(24)28)18(22)17(9)21/h2-5,9-10,15-18H,6-8H2,1H3,(H,23,25)/t9-,10-,15-,16-,17+,18+/m1/s1. The number of hydrogen-bond donors (Lipinski definition) is 1. The van der Waals surface area contributed by atoms with Crippen molar-refractivity contribution >= 4 is 61.2 Å². The highest BCUT2D eigenvalue weighted by molar-refractivity contribution is 9.12. The number of alkyl halides is 2. The van der Waals surface area contributed by atoms with Gasteiger partial charge in [0.2, 0.25) is 11.8 Å². The smallest absolute Gasteiger partial charge is 0.326 e. The number of para-hydroxylation sites is 2. The van der Waals surface area contributed by atoms with Gasteiger partial charge in [0.15, 0.2) is 6.61 Å². The second-order valence-corrected chi connectivity index (χ2v) is 9.79. The molecular formula is C20H20Br2N2O6. The Morgan fingerprint density at radius 1 is 1.10 bits per heavy atom. The van der Waals surface area contributed by atoms with Gasteiger partial charge in [0.05, 0.1) is 24.6 Å². The maximum Gasteiger partial charge on any atom is 0.326 e. The van der Waals surface area contributed by atoms with Crippen LogP contribution in [-0.4, -0.2) is 58.5 Å². The molecular weight excluding hydrogens is 524 g/mol. The van der Waals surface area contributed by atoms with E-state index in [9.17, 15) is 19.2 Å². The number of fused-ring (bicyclic) bond motifs is 5. The second-order valence-electron chi connectivity index (χ2n) is 7.68. The molecule has 1 aliphatic heterocycles. The van der Waals surface area contributed by atoms with Gasteiger partial charge in [-0.15, -0.1) is 0 Å². The molecule has 1 aromatic rings. The highest BCUT2D eigenvalue weighted by atomic mass is 79.9. The first kappa shape index (κ1) is 21.3. The summed E-state index contributed by atoms with van der Waals surface area (Å²) in [5.74, 6) is -2.14. The fourth-order valence-corrected chi connectivity index (χ4v) is 6.69. The summed E-state index contributed by atoms with van der Waals surface area (Å²) in [5.41, 5.74) is 0.447. The minimum atomic E-state index is -0.801. The molecule has 30 heavy (non-hydrogen) atoms. The maximum atomic E-state index is 12.8. The summed E-state index contributed by atoms with van der Waals surface area (Å²) >= 11 is 7.24. The Morgan fingerprint density at radius 3 is 2.30 bits per heavy atom. The van der Waals surface area contributed by atoms with Crippen molar-refractivity contribution in [3.8, 4) is 5.75 Å². The Bertz CT molecular complexity index is 877. The number of imide groups is 1. The van der Waals surface area contributed by atoms with Gasteiger partial charge in [0, 0.05) is 9.65 Å². The van der Waals surface area contributed by atoms with Gasteiger partial charge >= 0.3 is 5.97 Å². The fourth-order valence-electron chi connectivity index (χ4n) is 4.82. The van der Waals surface area contributed by atoms with Crippen LogP contribution in [0.1, 0.15) is 6.42 Å². The molecule has 0 radical (unpaired) electrons. The number of likely N-dealkylation sites (tertiary alicyclic amines) is 1. The number of amides is 3. The Hall–Kier alpha value is -1.94. The molecule has 0 spiro atoms. The lowest BCUT2D eigenvalue weighted by Gasteiger charge is -2.28. The molecule has 8 nitrogen and oxygen atoms in total. The minimum absolute atomic E-state index is 0.0773. The summed E-state index contributed by atoms with van der Waals surface area (Å²) in [4.78, 5) is 51.1. The molecule has 6 atom stereocenters. The third-order valence-electron chi connectivity index (χ3n) is 6.11. The Kier molecular flexibility index (Phi) is 5.89. The van der Waals surface area contributed by atoms with Crippen LogP contribution in [0.15, 0.2) is 24.3 Å². The number of carbonyl (C=O) groups is 4. The molecule has 0 aromatic heterocycles. The Balaban J connectivity index is 1.32. The van der Waals surface area contributed by atoms with Crippen LogP contribution >= 0.6 is 31.9 Å². The van der Waals surface area contributed by atoms with E-state index in [0.29, 0.717) is 11.4 Å². The summed E-state index contributed by atoms with van der Waals surface area (Å²) in [7, 11) is 1.48. The number of anilines is 1. The van der Waals surface area contributed by atoms with E-state index >= 15 is 0 Å². The summed E-state index contributed by atoms with van der Waals surface area (Å²) in [6, 6.07) is 6.83. The van der Waals surface area contributed by atoms with Crippen molar-refractivity contribution in [1.82, 2.24) is 4.90 Å². The van der Waals surface area contributed by atoms with Gasteiger partial charge in [-0.05, 0) is 30.4 Å². The van der Waals surface area contributed by atoms with E-state index in [0.717, 1.165) is 11.3 Å². The Morgan fingerprint density at radius 2 is 1.70 bits per heavy atom. The van der Waals surface area contributed by atoms with Crippen LogP contribution in [-0.2, 0) is 23.9 Å². The lowest BCUT2D eigenvalue weighted by molar-refractivity contribution is -0.154. The molecule has 2 saturated carbocycles. The van der Waals surface area contributed by atoms with Crippen LogP contribution in [0.3, 0.4) is 0 Å². The number of esters is 1. The number of carbonyl (C=O) groups excluding carboxylic acids is 4. The van der Waals surface area contributed by atoms with E-state index < -0.39 is 25.0 Å². The van der Waals surface area contributed by atoms with Crippen molar-refractivity contribution in [2.75, 3.05) is 25.6 Å². The quantitative estimate of drug-likeness (QED) is 0.334. The van der Waals surface area contributed by atoms with Gasteiger partial charge in [-0.2, -0.15) is 0 Å². The molecule has 3 fully saturated rings. The minimum Gasteiger partial charge on any atom is -0.495 e. The summed E-state index contributed by atoms with van der Waals surface area (Å²) in [6.45, 7) is -1.01. The van der Waals surface area contributed by atoms with Crippen LogP contribution in [0.4, 0.5) is 5.69 Å². The molecule has 1 heterocycles. The highest BCUT2D eigenvalue weighted by Gasteiger charge is 2.66. The predicted octanol–water partition coefficient (Wildman–Crippen LogP) is 1.95. The van der Waals surface area contributed by atoms with E-state index in [-0.39, 0.29) is 45.1 Å². The molecule has 10 heteroatoms. The highest BCUT2D eigenvalue weighted by Crippen LogP contribution is 2.60. The largest absolute Gasteiger partial charge is 0.495 e. The zero-order valence-electron chi connectivity index (χ0n) is 16.0. The monoisotopic (exact) mass is 542 g/mol. The van der Waals surface area contributed by atoms with Crippen molar-refractivity contribution in [3.05, 3.63) is 24.3 Å². The fraction of sp³-hybridized carbons (Fsp3) is 0.500. The van der Waals surface area contributed by atoms with Crippen molar-refractivity contribution < 1.29 is 28.7 Å². The van der Waals surface area contributed by atoms with Crippen molar-refractivity contribution in [2.45, 2.75) is 16.1 Å². The zero-order valence-corrected chi connectivity index (χ0v) is 19.2. The predicted molar refractivity (Wildman–Crippen MR) is 113 cm³/mol. The first-order valence-electron chi connectivity index (χ1n) is 9.55. The summed E-state index contributed by atoms with van der Waals surface area (Å²) in [6.07, 6.45) is 0.819. The van der Waals surface area contributed by atoms with E-state index in [1.807, 2.05) is 0 Å². The van der Waals surface area contributed by atoms with Gasteiger partial charge in [-0.25, -0.2) is 0 Å². The molecule has 1 aromatic carbocycles. The molecule has 3 amide bonds. The molecule has 0 unspecified atom stereocenters. The van der Waals surface area contributed by atoms with Gasteiger partial charge < -0.3 is 14.8 Å². The van der Waals surface area contributed by atoms with Gasteiger partial charge in [0.1, 0.15) is 12.3 Å². The zero-order chi connectivity index (χ0) is 21.6. The van der Waals surface area contributed by atoms with Crippen molar-refractivity contribution in [1.29, 1.82) is 0 Å². The number of hydrogen-bond acceptors (Lipinski definition) is 6. The van der Waals surface area contributed by atoms with Crippen LogP contribution in [0.25, 0.3) is 0 Å². The van der Waals surface area contributed by atoms with Gasteiger partial charge in [-0.3, -0.25) is 24.1 Å². The topological polar surface area (TPSA) is 102 Å². The molecule has 1 saturated heterocycles. The summed E-state index contributed by atoms with van der Waals surface area (Å²) < 4.78 is 10.1. The van der Waals surface area contributed by atoms with Crippen LogP contribution in [0.2, 0.25) is 0 Å². The molecule has 3 aliphatic rings. The lowest BCUT2D eigenvalue weighted by atomic mass is 9.81. The van der Waals surface area contributed by atoms with Gasteiger partial charge in [0.25, 0.3) is 5.91 Å². The van der Waals surface area contributed by atoms with Crippen molar-refractivity contribution in [2.24, 2.45) is 23.7 Å². The third-order valence-corrected chi connectivity index (χ3v) is 9.32. The second kappa shape index (κ2) is 8.30. The molecule has 2 bridgehead atoms. The number of nitrogens with one attached hydrogen (secondary N) is 1. The third kappa shape index (κ3) is 3.53. The number of nitrogens with zero attached hydrogens (tertiary/aromatic N) is 1. The van der Waals surface area contributed by atoms with E-state index in [1.54, 1.807) is 24.3 Å². The number of ether oxygens (including phenoxy) is 2. The number of rotatable bonds is 6. The van der Waals surface area contributed by atoms with E-state index in [4.69, 9.17) is 9.47 Å².